The molecule has 1 heterocycles. The highest BCUT2D eigenvalue weighted by atomic mass is 16.4. The molecular weight excluding hydrogens is 260 g/mol. The molecule has 21 heavy (non-hydrogen) atoms. The first kappa shape index (κ1) is 15.8. The lowest BCUT2D eigenvalue weighted by atomic mass is 10.1. The number of hydrogen-bond acceptors (Lipinski definition) is 3. The Morgan fingerprint density at radius 2 is 1.86 bits per heavy atom. The van der Waals surface area contributed by atoms with Crippen LogP contribution in [0, 0.1) is 6.92 Å². The molecule has 0 fully saturated rings. The van der Waals surface area contributed by atoms with Gasteiger partial charge in [0.2, 0.25) is 0 Å². The molecule has 0 saturated heterocycles. The molecular formula is C18H26N2O. The zero-order valence-electron chi connectivity index (χ0n) is 13.2. The molecule has 1 aromatic heterocycles. The Bertz CT molecular complexity index is 516. The molecule has 0 aliphatic rings. The Balaban J connectivity index is 1.71. The van der Waals surface area contributed by atoms with Gasteiger partial charge >= 0.3 is 0 Å². The standard InChI is InChI=1S/C18H26N2O/c1-3-12-19-13-4-5-18-20-14-17(21-18)11-10-16-8-6-15(2)7-9-16/h6-9,14,19H,3-5,10-13H2,1-2H3. The molecule has 0 saturated carbocycles. The van der Waals surface area contributed by atoms with E-state index in [2.05, 4.69) is 48.4 Å². The van der Waals surface area contributed by atoms with E-state index in [-0.39, 0.29) is 0 Å². The van der Waals surface area contributed by atoms with Crippen molar-refractivity contribution in [2.45, 2.75) is 46.0 Å². The van der Waals surface area contributed by atoms with Gasteiger partial charge in [-0.1, -0.05) is 36.8 Å². The summed E-state index contributed by atoms with van der Waals surface area (Å²) in [7, 11) is 0. The van der Waals surface area contributed by atoms with Crippen molar-refractivity contribution in [1.82, 2.24) is 10.3 Å². The first-order chi connectivity index (χ1) is 10.3. The van der Waals surface area contributed by atoms with Gasteiger partial charge in [0.05, 0.1) is 6.20 Å². The first-order valence-corrected chi connectivity index (χ1v) is 7.97. The van der Waals surface area contributed by atoms with Crippen LogP contribution >= 0.6 is 0 Å². The summed E-state index contributed by atoms with van der Waals surface area (Å²) >= 11 is 0. The molecule has 114 valence electrons. The van der Waals surface area contributed by atoms with E-state index in [1.165, 1.54) is 17.5 Å². The Morgan fingerprint density at radius 3 is 2.62 bits per heavy atom. The van der Waals surface area contributed by atoms with Gasteiger partial charge in [-0.3, -0.25) is 0 Å². The summed E-state index contributed by atoms with van der Waals surface area (Å²) in [5, 5.41) is 3.39. The summed E-state index contributed by atoms with van der Waals surface area (Å²) in [5.41, 5.74) is 2.65. The van der Waals surface area contributed by atoms with Crippen molar-refractivity contribution in [3.05, 3.63) is 53.2 Å². The lowest BCUT2D eigenvalue weighted by Crippen LogP contribution is -2.16. The van der Waals surface area contributed by atoms with Crippen molar-refractivity contribution in [2.75, 3.05) is 13.1 Å². The highest BCUT2D eigenvalue weighted by Crippen LogP contribution is 2.11. The summed E-state index contributed by atoms with van der Waals surface area (Å²) in [6.07, 6.45) is 6.99. The predicted octanol–water partition coefficient (Wildman–Crippen LogP) is 3.70. The minimum Gasteiger partial charge on any atom is -0.446 e. The maximum atomic E-state index is 5.80. The van der Waals surface area contributed by atoms with E-state index in [1.807, 2.05) is 6.20 Å². The summed E-state index contributed by atoms with van der Waals surface area (Å²) in [6.45, 7) is 6.42. The third kappa shape index (κ3) is 5.72. The highest BCUT2D eigenvalue weighted by molar-refractivity contribution is 5.21. The van der Waals surface area contributed by atoms with E-state index in [9.17, 15) is 0 Å². The van der Waals surface area contributed by atoms with Crippen LogP contribution in [0.2, 0.25) is 0 Å². The van der Waals surface area contributed by atoms with E-state index in [1.54, 1.807) is 0 Å². The third-order valence-corrected chi connectivity index (χ3v) is 3.55. The van der Waals surface area contributed by atoms with Crippen LogP contribution in [0.25, 0.3) is 0 Å². The number of nitrogens with zero attached hydrogens (tertiary/aromatic N) is 1. The number of oxazole rings is 1. The van der Waals surface area contributed by atoms with E-state index >= 15 is 0 Å². The van der Waals surface area contributed by atoms with E-state index in [0.717, 1.165) is 50.4 Å². The molecule has 1 N–H and O–H groups in total. The zero-order valence-corrected chi connectivity index (χ0v) is 13.2. The monoisotopic (exact) mass is 286 g/mol. The fourth-order valence-electron chi connectivity index (χ4n) is 2.27. The SMILES string of the molecule is CCCNCCCc1ncc(CCc2ccc(C)cc2)o1. The molecule has 0 amide bonds. The normalized spacial score (nSPS) is 11.0. The lowest BCUT2D eigenvalue weighted by molar-refractivity contribution is 0.446. The van der Waals surface area contributed by atoms with Crippen LogP contribution in [0.5, 0.6) is 0 Å². The van der Waals surface area contributed by atoms with Crippen LogP contribution in [0.15, 0.2) is 34.9 Å². The lowest BCUT2D eigenvalue weighted by Gasteiger charge is -2.01. The molecule has 0 radical (unpaired) electrons. The molecule has 0 aliphatic carbocycles. The maximum Gasteiger partial charge on any atom is 0.194 e. The summed E-state index contributed by atoms with van der Waals surface area (Å²) in [5.74, 6) is 1.86. The van der Waals surface area contributed by atoms with Gasteiger partial charge < -0.3 is 9.73 Å². The third-order valence-electron chi connectivity index (χ3n) is 3.55. The summed E-state index contributed by atoms with van der Waals surface area (Å²) in [4.78, 5) is 4.37. The molecule has 0 spiro atoms. The highest BCUT2D eigenvalue weighted by Gasteiger charge is 2.04. The van der Waals surface area contributed by atoms with E-state index < -0.39 is 0 Å². The van der Waals surface area contributed by atoms with Crippen molar-refractivity contribution in [1.29, 1.82) is 0 Å². The molecule has 0 unspecified atom stereocenters. The minimum atomic E-state index is 0.868. The quantitative estimate of drug-likeness (QED) is 0.714. The van der Waals surface area contributed by atoms with Gasteiger partial charge in [-0.25, -0.2) is 4.98 Å². The number of aromatic nitrogens is 1. The van der Waals surface area contributed by atoms with Crippen molar-refractivity contribution in [3.8, 4) is 0 Å². The van der Waals surface area contributed by atoms with Crippen LogP contribution in [0.3, 0.4) is 0 Å². The Kier molecular flexibility index (Phi) is 6.48. The Labute approximate surface area is 127 Å². The average molecular weight is 286 g/mol. The van der Waals surface area contributed by atoms with Gasteiger partial charge in [0, 0.05) is 12.8 Å². The average Bonchev–Trinajstić information content (AvgIpc) is 2.94. The van der Waals surface area contributed by atoms with Crippen molar-refractivity contribution >= 4 is 0 Å². The van der Waals surface area contributed by atoms with Gasteiger partial charge in [-0.05, 0) is 44.8 Å². The fourth-order valence-corrected chi connectivity index (χ4v) is 2.27. The first-order valence-electron chi connectivity index (χ1n) is 7.97. The van der Waals surface area contributed by atoms with Crippen molar-refractivity contribution < 1.29 is 4.42 Å². The fraction of sp³-hybridized carbons (Fsp3) is 0.500. The molecule has 2 rings (SSSR count). The molecule has 0 atom stereocenters. The van der Waals surface area contributed by atoms with Crippen LogP contribution in [-0.2, 0) is 19.3 Å². The summed E-state index contributed by atoms with van der Waals surface area (Å²) in [6, 6.07) is 8.69. The molecule has 0 bridgehead atoms. The van der Waals surface area contributed by atoms with Crippen LogP contribution in [-0.4, -0.2) is 18.1 Å². The van der Waals surface area contributed by atoms with Gasteiger partial charge in [0.15, 0.2) is 5.89 Å². The molecule has 2 aromatic rings. The molecule has 3 nitrogen and oxygen atoms in total. The number of rotatable bonds is 9. The van der Waals surface area contributed by atoms with E-state index in [4.69, 9.17) is 4.42 Å². The molecule has 3 heteroatoms. The summed E-state index contributed by atoms with van der Waals surface area (Å²) < 4.78 is 5.80. The van der Waals surface area contributed by atoms with Crippen LogP contribution < -0.4 is 5.32 Å². The Morgan fingerprint density at radius 1 is 1.05 bits per heavy atom. The number of aryl methyl sites for hydroxylation is 4. The maximum absolute atomic E-state index is 5.80. The second-order valence-corrected chi connectivity index (χ2v) is 5.56. The smallest absolute Gasteiger partial charge is 0.194 e. The van der Waals surface area contributed by atoms with Crippen molar-refractivity contribution in [2.24, 2.45) is 0 Å². The Hall–Kier alpha value is -1.61. The number of hydrogen-bond donors (Lipinski definition) is 1. The minimum absolute atomic E-state index is 0.868. The predicted molar refractivity (Wildman–Crippen MR) is 86.6 cm³/mol. The second-order valence-electron chi connectivity index (χ2n) is 5.56. The van der Waals surface area contributed by atoms with Crippen molar-refractivity contribution in [3.63, 3.8) is 0 Å². The topological polar surface area (TPSA) is 38.1 Å². The molecule has 0 aliphatic heterocycles. The van der Waals surface area contributed by atoms with Gasteiger partial charge in [0.25, 0.3) is 0 Å². The van der Waals surface area contributed by atoms with Gasteiger partial charge in [-0.2, -0.15) is 0 Å². The van der Waals surface area contributed by atoms with Crippen LogP contribution in [0.4, 0.5) is 0 Å². The molecule has 1 aromatic carbocycles. The largest absolute Gasteiger partial charge is 0.446 e. The second kappa shape index (κ2) is 8.63. The van der Waals surface area contributed by atoms with E-state index in [0.29, 0.717) is 0 Å². The zero-order chi connectivity index (χ0) is 14.9. The number of nitrogens with one attached hydrogen (secondary N) is 1. The van der Waals surface area contributed by atoms with Crippen LogP contribution in [0.1, 0.15) is 42.5 Å². The number of benzene rings is 1. The van der Waals surface area contributed by atoms with Gasteiger partial charge in [-0.15, -0.1) is 0 Å². The van der Waals surface area contributed by atoms with Gasteiger partial charge in [0.1, 0.15) is 5.76 Å².